The lowest BCUT2D eigenvalue weighted by molar-refractivity contribution is 0.294. The molecule has 0 saturated heterocycles. The fourth-order valence-electron chi connectivity index (χ4n) is 3.21. The van der Waals surface area contributed by atoms with Gasteiger partial charge in [-0.2, -0.15) is 4.98 Å². The highest BCUT2D eigenvalue weighted by molar-refractivity contribution is 5.30. The minimum absolute atomic E-state index is 0.214. The molecule has 130 valence electrons. The second kappa shape index (κ2) is 6.89. The largest absolute Gasteiger partial charge is 0.494 e. The van der Waals surface area contributed by atoms with Crippen molar-refractivity contribution >= 4 is 0 Å². The Labute approximate surface area is 141 Å². The molecule has 1 aliphatic carbocycles. The van der Waals surface area contributed by atoms with Crippen molar-refractivity contribution in [3.05, 3.63) is 41.3 Å². The molecule has 1 aromatic heterocycles. The highest BCUT2D eigenvalue weighted by Crippen LogP contribution is 2.38. The van der Waals surface area contributed by atoms with Gasteiger partial charge in [0.25, 0.3) is 0 Å². The van der Waals surface area contributed by atoms with Crippen LogP contribution in [0.4, 0.5) is 4.39 Å². The molecule has 1 saturated carbocycles. The van der Waals surface area contributed by atoms with Gasteiger partial charge in [-0.15, -0.1) is 0 Å². The summed E-state index contributed by atoms with van der Waals surface area (Å²) >= 11 is 0. The summed E-state index contributed by atoms with van der Waals surface area (Å²) in [4.78, 5) is 4.60. The van der Waals surface area contributed by atoms with Gasteiger partial charge in [0.15, 0.2) is 17.4 Å². The number of hydrogen-bond acceptors (Lipinski definition) is 5. The van der Waals surface area contributed by atoms with E-state index in [1.807, 2.05) is 13.8 Å². The number of nitrogens with one attached hydrogen (secondary N) is 1. The molecule has 0 aliphatic heterocycles. The van der Waals surface area contributed by atoms with E-state index in [1.54, 1.807) is 12.1 Å². The maximum Gasteiger partial charge on any atom is 0.229 e. The van der Waals surface area contributed by atoms with Crippen LogP contribution in [0.25, 0.3) is 0 Å². The Bertz CT molecular complexity index is 693. The van der Waals surface area contributed by atoms with Crippen LogP contribution < -0.4 is 10.1 Å². The number of hydrogen-bond donors (Lipinski definition) is 1. The van der Waals surface area contributed by atoms with Crippen LogP contribution in [-0.4, -0.2) is 17.3 Å². The van der Waals surface area contributed by atoms with E-state index >= 15 is 0 Å². The number of methoxy groups -OCH3 is 1. The predicted octanol–water partition coefficient (Wildman–Crippen LogP) is 3.90. The van der Waals surface area contributed by atoms with E-state index in [4.69, 9.17) is 9.26 Å². The summed E-state index contributed by atoms with van der Waals surface area (Å²) < 4.78 is 24.0. The topological polar surface area (TPSA) is 60.2 Å². The lowest BCUT2D eigenvalue weighted by atomic mass is 9.96. The molecule has 1 aromatic carbocycles. The Morgan fingerprint density at radius 1 is 1.33 bits per heavy atom. The average Bonchev–Trinajstić information content (AvgIpc) is 3.24. The zero-order valence-electron chi connectivity index (χ0n) is 14.4. The fraction of sp³-hybridized carbons (Fsp3) is 0.556. The SMILES string of the molecule is COc1cc(CNC2(c3noc(C(C)C)n3)CCCC2)ccc1F. The molecule has 0 atom stereocenters. The van der Waals surface area contributed by atoms with Crippen LogP contribution in [0, 0.1) is 5.82 Å². The van der Waals surface area contributed by atoms with Crippen LogP contribution in [0.3, 0.4) is 0 Å². The molecular formula is C18H24FN3O2. The van der Waals surface area contributed by atoms with Crippen molar-refractivity contribution in [2.24, 2.45) is 0 Å². The zero-order valence-corrected chi connectivity index (χ0v) is 14.4. The number of benzene rings is 1. The molecule has 0 radical (unpaired) electrons. The van der Waals surface area contributed by atoms with E-state index in [-0.39, 0.29) is 23.0 Å². The maximum atomic E-state index is 13.6. The molecule has 5 nitrogen and oxygen atoms in total. The molecule has 1 N–H and O–H groups in total. The lowest BCUT2D eigenvalue weighted by Crippen LogP contribution is -2.40. The zero-order chi connectivity index (χ0) is 17.2. The van der Waals surface area contributed by atoms with Crippen molar-refractivity contribution in [3.8, 4) is 5.75 Å². The second-order valence-corrected chi connectivity index (χ2v) is 6.72. The lowest BCUT2D eigenvalue weighted by Gasteiger charge is -2.27. The van der Waals surface area contributed by atoms with Crippen LogP contribution in [0.1, 0.15) is 62.7 Å². The van der Waals surface area contributed by atoms with Crippen molar-refractivity contribution in [3.63, 3.8) is 0 Å². The van der Waals surface area contributed by atoms with Crippen LogP contribution >= 0.6 is 0 Å². The van der Waals surface area contributed by atoms with Crippen LogP contribution in [0.5, 0.6) is 5.75 Å². The first kappa shape index (κ1) is 16.9. The molecule has 1 fully saturated rings. The van der Waals surface area contributed by atoms with Gasteiger partial charge < -0.3 is 14.6 Å². The van der Waals surface area contributed by atoms with Gasteiger partial charge in [0.1, 0.15) is 0 Å². The Morgan fingerprint density at radius 3 is 2.71 bits per heavy atom. The Balaban J connectivity index is 1.79. The minimum atomic E-state index is -0.350. The quantitative estimate of drug-likeness (QED) is 0.869. The van der Waals surface area contributed by atoms with Crippen LogP contribution in [0.2, 0.25) is 0 Å². The van der Waals surface area contributed by atoms with Gasteiger partial charge >= 0.3 is 0 Å². The third kappa shape index (κ3) is 3.29. The molecule has 1 aliphatic rings. The Kier molecular flexibility index (Phi) is 4.85. The third-order valence-corrected chi connectivity index (χ3v) is 4.67. The van der Waals surface area contributed by atoms with Crippen molar-refractivity contribution in [1.29, 1.82) is 0 Å². The van der Waals surface area contributed by atoms with Crippen molar-refractivity contribution in [1.82, 2.24) is 15.5 Å². The maximum absolute atomic E-state index is 13.6. The van der Waals surface area contributed by atoms with E-state index in [9.17, 15) is 4.39 Å². The number of halogens is 1. The molecule has 0 unspecified atom stereocenters. The van der Waals surface area contributed by atoms with Gasteiger partial charge in [0.05, 0.1) is 12.6 Å². The van der Waals surface area contributed by atoms with Gasteiger partial charge in [-0.1, -0.05) is 37.9 Å². The van der Waals surface area contributed by atoms with Crippen LogP contribution in [0.15, 0.2) is 22.7 Å². The van der Waals surface area contributed by atoms with Crippen molar-refractivity contribution < 1.29 is 13.7 Å². The standard InChI is InChI=1S/C18H24FN3O2/c1-12(2)16-21-17(22-24-16)18(8-4-5-9-18)20-11-13-6-7-14(19)15(10-13)23-3/h6-7,10,12,20H,4-5,8-9,11H2,1-3H3. The van der Waals surface area contributed by atoms with E-state index in [1.165, 1.54) is 13.2 Å². The number of rotatable bonds is 6. The second-order valence-electron chi connectivity index (χ2n) is 6.72. The Hall–Kier alpha value is -1.95. The summed E-state index contributed by atoms with van der Waals surface area (Å²) in [5.74, 6) is 1.53. The number of ether oxygens (including phenoxy) is 1. The summed E-state index contributed by atoms with van der Waals surface area (Å²) in [5, 5.41) is 7.81. The van der Waals surface area contributed by atoms with E-state index in [0.717, 1.165) is 37.1 Å². The monoisotopic (exact) mass is 333 g/mol. The molecule has 2 aromatic rings. The van der Waals surface area contributed by atoms with Gasteiger partial charge in [-0.3, -0.25) is 0 Å². The van der Waals surface area contributed by atoms with E-state index < -0.39 is 0 Å². The van der Waals surface area contributed by atoms with E-state index in [0.29, 0.717) is 12.4 Å². The predicted molar refractivity (Wildman–Crippen MR) is 88.3 cm³/mol. The molecule has 24 heavy (non-hydrogen) atoms. The molecule has 0 bridgehead atoms. The molecular weight excluding hydrogens is 309 g/mol. The van der Waals surface area contributed by atoms with Gasteiger partial charge in [0, 0.05) is 12.5 Å². The smallest absolute Gasteiger partial charge is 0.229 e. The van der Waals surface area contributed by atoms with Gasteiger partial charge in [-0.25, -0.2) is 4.39 Å². The van der Waals surface area contributed by atoms with Crippen LogP contribution in [-0.2, 0) is 12.1 Å². The number of aromatic nitrogens is 2. The highest BCUT2D eigenvalue weighted by Gasteiger charge is 2.39. The molecule has 3 rings (SSSR count). The highest BCUT2D eigenvalue weighted by atomic mass is 19.1. The van der Waals surface area contributed by atoms with Crippen molar-refractivity contribution in [2.45, 2.75) is 57.5 Å². The first-order valence-electron chi connectivity index (χ1n) is 8.45. The summed E-state index contributed by atoms with van der Waals surface area (Å²) in [6, 6.07) is 4.92. The summed E-state index contributed by atoms with van der Waals surface area (Å²) in [6.07, 6.45) is 4.21. The number of nitrogens with zero attached hydrogens (tertiary/aromatic N) is 2. The average molecular weight is 333 g/mol. The summed E-state index contributed by atoms with van der Waals surface area (Å²) in [7, 11) is 1.47. The third-order valence-electron chi connectivity index (χ3n) is 4.67. The normalized spacial score (nSPS) is 16.7. The molecule has 1 heterocycles. The fourth-order valence-corrected chi connectivity index (χ4v) is 3.21. The molecule has 0 amide bonds. The minimum Gasteiger partial charge on any atom is -0.494 e. The first-order chi connectivity index (χ1) is 11.5. The summed E-state index contributed by atoms with van der Waals surface area (Å²) in [6.45, 7) is 4.68. The van der Waals surface area contributed by atoms with Crippen molar-refractivity contribution in [2.75, 3.05) is 7.11 Å². The van der Waals surface area contributed by atoms with E-state index in [2.05, 4.69) is 15.5 Å². The first-order valence-corrected chi connectivity index (χ1v) is 8.45. The Morgan fingerprint density at radius 2 is 2.08 bits per heavy atom. The molecule has 6 heteroatoms. The van der Waals surface area contributed by atoms with Gasteiger partial charge in [0.2, 0.25) is 5.89 Å². The van der Waals surface area contributed by atoms with Gasteiger partial charge in [-0.05, 0) is 30.5 Å². The molecule has 0 spiro atoms. The summed E-state index contributed by atoms with van der Waals surface area (Å²) in [5.41, 5.74) is 0.699.